The van der Waals surface area contributed by atoms with Gasteiger partial charge in [0.2, 0.25) is 5.91 Å². The summed E-state index contributed by atoms with van der Waals surface area (Å²) in [6.45, 7) is 1.20. The first kappa shape index (κ1) is 16.7. The van der Waals surface area contributed by atoms with Gasteiger partial charge in [-0.3, -0.25) is 14.7 Å². The molecule has 1 aromatic rings. The van der Waals surface area contributed by atoms with E-state index >= 15 is 0 Å². The maximum absolute atomic E-state index is 12.6. The van der Waals surface area contributed by atoms with Gasteiger partial charge in [-0.15, -0.1) is 0 Å². The van der Waals surface area contributed by atoms with Gasteiger partial charge in [0.1, 0.15) is 11.3 Å². The van der Waals surface area contributed by atoms with Gasteiger partial charge < -0.3 is 19.7 Å². The third-order valence-electron chi connectivity index (χ3n) is 3.64. The predicted octanol–water partition coefficient (Wildman–Crippen LogP) is 0.0568. The number of aromatic amines is 1. The van der Waals surface area contributed by atoms with Gasteiger partial charge in [0.25, 0.3) is 5.91 Å². The van der Waals surface area contributed by atoms with Crippen LogP contribution >= 0.6 is 11.6 Å². The first-order chi connectivity index (χ1) is 10.5. The molecular formula is C13H19ClN4O4. The number of halogens is 1. The van der Waals surface area contributed by atoms with E-state index in [0.717, 1.165) is 0 Å². The normalized spacial score (nSPS) is 22.2. The number of aromatic nitrogens is 2. The summed E-state index contributed by atoms with van der Waals surface area (Å²) in [5, 5.41) is 9.15. The molecule has 1 fully saturated rings. The molecule has 1 saturated heterocycles. The van der Waals surface area contributed by atoms with Gasteiger partial charge in [-0.1, -0.05) is 11.6 Å². The van der Waals surface area contributed by atoms with E-state index in [9.17, 15) is 9.59 Å². The number of methoxy groups -OCH3 is 1. The first-order valence-electron chi connectivity index (χ1n) is 6.83. The molecule has 2 heterocycles. The molecule has 122 valence electrons. The summed E-state index contributed by atoms with van der Waals surface area (Å²) in [5.41, 5.74) is -0.674. The van der Waals surface area contributed by atoms with Crippen LogP contribution in [-0.4, -0.2) is 73.0 Å². The minimum absolute atomic E-state index is 0.0977. The number of nitrogens with one attached hydrogen (secondary N) is 2. The largest absolute Gasteiger partial charge is 0.377 e. The summed E-state index contributed by atoms with van der Waals surface area (Å²) in [6, 6.07) is 0. The standard InChI is InChI=1S/C13H19ClN4O4/c1-15-10(19)5-13(21-2)7-18(3-4-22-8-13)12(20)11-9(14)6-16-17-11/h6H,3-5,7-8H2,1-2H3,(H,15,19)(H,16,17)/t13-/m0/s1. The fraction of sp³-hybridized carbons (Fsp3) is 0.615. The Hall–Kier alpha value is -1.64. The van der Waals surface area contributed by atoms with E-state index in [0.29, 0.717) is 13.2 Å². The van der Waals surface area contributed by atoms with E-state index in [1.165, 1.54) is 13.3 Å². The predicted molar refractivity (Wildman–Crippen MR) is 78.7 cm³/mol. The van der Waals surface area contributed by atoms with Gasteiger partial charge in [-0.2, -0.15) is 5.10 Å². The van der Waals surface area contributed by atoms with E-state index in [2.05, 4.69) is 15.5 Å². The van der Waals surface area contributed by atoms with Gasteiger partial charge in [0.15, 0.2) is 0 Å². The Kier molecular flexibility index (Phi) is 5.38. The Balaban J connectivity index is 2.20. The topological polar surface area (TPSA) is 96.5 Å². The Morgan fingerprint density at radius 3 is 3.00 bits per heavy atom. The average molecular weight is 331 g/mol. The molecule has 0 bridgehead atoms. The number of ether oxygens (including phenoxy) is 2. The SMILES string of the molecule is CNC(=O)C[C@@]1(OC)COCCN(C(=O)c2[nH]ncc2Cl)C1. The molecule has 0 saturated carbocycles. The summed E-state index contributed by atoms with van der Waals surface area (Å²) < 4.78 is 11.0. The maximum atomic E-state index is 12.6. The van der Waals surface area contributed by atoms with Crippen LogP contribution < -0.4 is 5.32 Å². The van der Waals surface area contributed by atoms with Crippen LogP contribution in [0.15, 0.2) is 6.20 Å². The molecule has 2 N–H and O–H groups in total. The second-order valence-electron chi connectivity index (χ2n) is 5.11. The van der Waals surface area contributed by atoms with Gasteiger partial charge in [-0.05, 0) is 0 Å². The van der Waals surface area contributed by atoms with Gasteiger partial charge >= 0.3 is 0 Å². The Labute approximate surface area is 133 Å². The maximum Gasteiger partial charge on any atom is 0.273 e. The first-order valence-corrected chi connectivity index (χ1v) is 7.21. The lowest BCUT2D eigenvalue weighted by molar-refractivity contribution is -0.131. The van der Waals surface area contributed by atoms with Crippen molar-refractivity contribution in [3.63, 3.8) is 0 Å². The van der Waals surface area contributed by atoms with Crippen LogP contribution in [0.5, 0.6) is 0 Å². The molecule has 0 aliphatic carbocycles. The third-order valence-corrected chi connectivity index (χ3v) is 3.92. The van der Waals surface area contributed by atoms with Crippen LogP contribution in [0.2, 0.25) is 5.02 Å². The molecule has 1 atom stereocenters. The van der Waals surface area contributed by atoms with Crippen molar-refractivity contribution in [3.05, 3.63) is 16.9 Å². The highest BCUT2D eigenvalue weighted by Gasteiger charge is 2.39. The Morgan fingerprint density at radius 1 is 1.64 bits per heavy atom. The van der Waals surface area contributed by atoms with Crippen molar-refractivity contribution in [3.8, 4) is 0 Å². The summed E-state index contributed by atoms with van der Waals surface area (Å²) in [7, 11) is 3.06. The zero-order valence-electron chi connectivity index (χ0n) is 12.5. The van der Waals surface area contributed by atoms with Gasteiger partial charge in [0, 0.05) is 20.7 Å². The van der Waals surface area contributed by atoms with Crippen molar-refractivity contribution < 1.29 is 19.1 Å². The monoisotopic (exact) mass is 330 g/mol. The number of H-pyrrole nitrogens is 1. The van der Waals surface area contributed by atoms with Gasteiger partial charge in [0.05, 0.1) is 37.4 Å². The minimum Gasteiger partial charge on any atom is -0.377 e. The van der Waals surface area contributed by atoms with Crippen LogP contribution in [0.3, 0.4) is 0 Å². The highest BCUT2D eigenvalue weighted by molar-refractivity contribution is 6.33. The van der Waals surface area contributed by atoms with Gasteiger partial charge in [-0.25, -0.2) is 0 Å². The second kappa shape index (κ2) is 7.08. The average Bonchev–Trinajstić information content (AvgIpc) is 2.83. The Morgan fingerprint density at radius 2 is 2.41 bits per heavy atom. The fourth-order valence-electron chi connectivity index (χ4n) is 2.34. The van der Waals surface area contributed by atoms with Crippen molar-refractivity contribution in [2.24, 2.45) is 0 Å². The number of hydrogen-bond donors (Lipinski definition) is 2. The van der Waals surface area contributed by atoms with Crippen LogP contribution in [-0.2, 0) is 14.3 Å². The third kappa shape index (κ3) is 3.57. The summed E-state index contributed by atoms with van der Waals surface area (Å²) >= 11 is 5.94. The van der Waals surface area contributed by atoms with E-state index in [1.54, 1.807) is 11.9 Å². The van der Waals surface area contributed by atoms with Crippen LogP contribution in [0.25, 0.3) is 0 Å². The molecule has 9 heteroatoms. The molecule has 2 rings (SSSR count). The van der Waals surface area contributed by atoms with E-state index in [-0.39, 0.29) is 42.1 Å². The molecule has 2 amide bonds. The van der Waals surface area contributed by atoms with Crippen molar-refractivity contribution >= 4 is 23.4 Å². The van der Waals surface area contributed by atoms with Crippen LogP contribution in [0, 0.1) is 0 Å². The molecule has 0 unspecified atom stereocenters. The zero-order chi connectivity index (χ0) is 16.2. The van der Waals surface area contributed by atoms with Crippen molar-refractivity contribution in [1.29, 1.82) is 0 Å². The zero-order valence-corrected chi connectivity index (χ0v) is 13.3. The molecule has 8 nitrogen and oxygen atoms in total. The molecule has 0 spiro atoms. The summed E-state index contributed by atoms with van der Waals surface area (Å²) in [4.78, 5) is 25.8. The number of nitrogens with zero attached hydrogens (tertiary/aromatic N) is 2. The second-order valence-corrected chi connectivity index (χ2v) is 5.52. The van der Waals surface area contributed by atoms with Crippen LogP contribution in [0.1, 0.15) is 16.9 Å². The van der Waals surface area contributed by atoms with Crippen molar-refractivity contribution in [2.45, 2.75) is 12.0 Å². The van der Waals surface area contributed by atoms with E-state index in [4.69, 9.17) is 21.1 Å². The lowest BCUT2D eigenvalue weighted by Gasteiger charge is -2.33. The molecule has 0 aromatic carbocycles. The highest BCUT2D eigenvalue weighted by atomic mass is 35.5. The fourth-order valence-corrected chi connectivity index (χ4v) is 2.51. The summed E-state index contributed by atoms with van der Waals surface area (Å²) in [6.07, 6.45) is 1.47. The molecular weight excluding hydrogens is 312 g/mol. The Bertz CT molecular complexity index is 550. The van der Waals surface area contributed by atoms with Crippen molar-refractivity contribution in [2.75, 3.05) is 40.5 Å². The minimum atomic E-state index is -0.890. The molecule has 1 aliphatic rings. The summed E-state index contributed by atoms with van der Waals surface area (Å²) in [5.74, 6) is -0.481. The number of carbonyl (C=O) groups excluding carboxylic acids is 2. The highest BCUT2D eigenvalue weighted by Crippen LogP contribution is 2.23. The molecule has 1 aliphatic heterocycles. The number of hydrogen-bond acceptors (Lipinski definition) is 5. The van der Waals surface area contributed by atoms with Crippen molar-refractivity contribution in [1.82, 2.24) is 20.4 Å². The molecule has 0 radical (unpaired) electrons. The van der Waals surface area contributed by atoms with Crippen LogP contribution in [0.4, 0.5) is 0 Å². The number of carbonyl (C=O) groups is 2. The molecule has 22 heavy (non-hydrogen) atoms. The lowest BCUT2D eigenvalue weighted by Crippen LogP contribution is -2.50. The number of rotatable bonds is 4. The lowest BCUT2D eigenvalue weighted by atomic mass is 9.99. The molecule has 1 aromatic heterocycles. The smallest absolute Gasteiger partial charge is 0.273 e. The van der Waals surface area contributed by atoms with E-state index < -0.39 is 5.60 Å². The van der Waals surface area contributed by atoms with E-state index in [1.807, 2.05) is 0 Å². The quantitative estimate of drug-likeness (QED) is 0.813. The number of amides is 2.